The van der Waals surface area contributed by atoms with Crippen LogP contribution in [0.2, 0.25) is 0 Å². The second kappa shape index (κ2) is 8.22. The molecule has 2 aromatic carbocycles. The van der Waals surface area contributed by atoms with Gasteiger partial charge in [0.05, 0.1) is 12.1 Å². The normalized spacial score (nSPS) is 15.9. The number of hydrogen-bond acceptors (Lipinski definition) is 5. The summed E-state index contributed by atoms with van der Waals surface area (Å²) in [5.41, 5.74) is 7.90. The Morgan fingerprint density at radius 1 is 1.10 bits per heavy atom. The zero-order chi connectivity index (χ0) is 20.2. The lowest BCUT2D eigenvalue weighted by molar-refractivity contribution is 0.100. The number of carbonyl (C=O) groups is 1. The molecule has 148 valence electrons. The number of ether oxygens (including phenoxy) is 2. The number of rotatable bonds is 6. The van der Waals surface area contributed by atoms with Gasteiger partial charge in [-0.15, -0.1) is 0 Å². The summed E-state index contributed by atoms with van der Waals surface area (Å²) in [7, 11) is 0. The molecule has 6 heteroatoms. The lowest BCUT2D eigenvalue weighted by atomic mass is 10.1. The van der Waals surface area contributed by atoms with Gasteiger partial charge in [-0.25, -0.2) is 4.98 Å². The fourth-order valence-electron chi connectivity index (χ4n) is 3.47. The molecular formula is C23H23N3O3. The Kier molecular flexibility index (Phi) is 5.33. The Morgan fingerprint density at radius 2 is 1.93 bits per heavy atom. The summed E-state index contributed by atoms with van der Waals surface area (Å²) >= 11 is 0. The van der Waals surface area contributed by atoms with Gasteiger partial charge in [0.1, 0.15) is 17.6 Å². The highest BCUT2D eigenvalue weighted by Crippen LogP contribution is 2.31. The first-order valence-electron chi connectivity index (χ1n) is 9.60. The van der Waals surface area contributed by atoms with Crippen LogP contribution in [0.25, 0.3) is 0 Å². The molecule has 4 rings (SSSR count). The number of nitrogens with two attached hydrogens (primary N) is 1. The minimum atomic E-state index is -0.483. The number of aryl methyl sites for hydroxylation is 1. The Bertz CT molecular complexity index is 1010. The zero-order valence-corrected chi connectivity index (χ0v) is 16.2. The molecule has 0 unspecified atom stereocenters. The van der Waals surface area contributed by atoms with Gasteiger partial charge >= 0.3 is 0 Å². The number of carbonyl (C=O) groups excluding carboxylic acids is 1. The highest BCUT2D eigenvalue weighted by atomic mass is 16.5. The Morgan fingerprint density at radius 3 is 2.69 bits per heavy atom. The van der Waals surface area contributed by atoms with E-state index >= 15 is 0 Å². The first-order valence-corrected chi connectivity index (χ1v) is 9.60. The number of primary amides is 1. The van der Waals surface area contributed by atoms with Gasteiger partial charge in [-0.2, -0.15) is 0 Å². The van der Waals surface area contributed by atoms with E-state index in [1.54, 1.807) is 12.3 Å². The van der Waals surface area contributed by atoms with Gasteiger partial charge in [-0.05, 0) is 43.3 Å². The molecule has 2 heterocycles. The van der Waals surface area contributed by atoms with Crippen LogP contribution in [0.5, 0.6) is 17.4 Å². The average Bonchev–Trinajstić information content (AvgIpc) is 3.19. The van der Waals surface area contributed by atoms with Gasteiger partial charge in [-0.3, -0.25) is 4.79 Å². The molecule has 0 bridgehead atoms. The maximum absolute atomic E-state index is 12.1. The maximum Gasteiger partial charge on any atom is 0.250 e. The Hall–Kier alpha value is -3.54. The maximum atomic E-state index is 12.1. The molecule has 6 nitrogen and oxygen atoms in total. The summed E-state index contributed by atoms with van der Waals surface area (Å²) in [5.74, 6) is 1.45. The second-order valence-electron chi connectivity index (χ2n) is 7.06. The number of benzene rings is 2. The average molecular weight is 389 g/mol. The molecule has 1 fully saturated rings. The van der Waals surface area contributed by atoms with Crippen LogP contribution in [0, 0.1) is 6.92 Å². The molecule has 3 aromatic rings. The summed E-state index contributed by atoms with van der Waals surface area (Å²) in [4.78, 5) is 18.5. The van der Waals surface area contributed by atoms with Crippen LogP contribution in [0.15, 0.2) is 66.9 Å². The predicted octanol–water partition coefficient (Wildman–Crippen LogP) is 3.94. The van der Waals surface area contributed by atoms with Crippen molar-refractivity contribution in [3.8, 4) is 17.4 Å². The van der Waals surface area contributed by atoms with Crippen molar-refractivity contribution in [2.24, 2.45) is 5.73 Å². The van der Waals surface area contributed by atoms with E-state index in [-0.39, 0.29) is 6.10 Å². The van der Waals surface area contributed by atoms with Crippen LogP contribution >= 0.6 is 0 Å². The van der Waals surface area contributed by atoms with Crippen molar-refractivity contribution in [3.05, 3.63) is 78.0 Å². The first-order chi connectivity index (χ1) is 14.1. The fraction of sp³-hybridized carbons (Fsp3) is 0.217. The van der Waals surface area contributed by atoms with Crippen molar-refractivity contribution in [3.63, 3.8) is 0 Å². The third-order valence-electron chi connectivity index (χ3n) is 4.94. The van der Waals surface area contributed by atoms with Gasteiger partial charge in [0, 0.05) is 30.4 Å². The highest BCUT2D eigenvalue weighted by Gasteiger charge is 2.27. The van der Waals surface area contributed by atoms with Crippen molar-refractivity contribution in [2.75, 3.05) is 18.0 Å². The third-order valence-corrected chi connectivity index (χ3v) is 4.94. The van der Waals surface area contributed by atoms with E-state index < -0.39 is 5.91 Å². The van der Waals surface area contributed by atoms with Gasteiger partial charge in [0.25, 0.3) is 5.91 Å². The quantitative estimate of drug-likeness (QED) is 0.691. The van der Waals surface area contributed by atoms with Gasteiger partial charge in [0.15, 0.2) is 0 Å². The molecule has 0 radical (unpaired) electrons. The van der Waals surface area contributed by atoms with E-state index in [1.807, 2.05) is 61.5 Å². The summed E-state index contributed by atoms with van der Waals surface area (Å²) in [6.45, 7) is 3.41. The number of anilines is 1. The van der Waals surface area contributed by atoms with Crippen molar-refractivity contribution in [2.45, 2.75) is 19.4 Å². The number of para-hydroxylation sites is 1. The number of pyridine rings is 1. The van der Waals surface area contributed by atoms with E-state index in [2.05, 4.69) is 9.88 Å². The van der Waals surface area contributed by atoms with Crippen LogP contribution < -0.4 is 20.1 Å². The summed E-state index contributed by atoms with van der Waals surface area (Å²) in [6, 6.07) is 18.7. The monoisotopic (exact) mass is 389 g/mol. The number of nitrogens with zero attached hydrogens (tertiary/aromatic N) is 2. The molecule has 1 amide bonds. The Balaban J connectivity index is 1.50. The zero-order valence-electron chi connectivity index (χ0n) is 16.2. The van der Waals surface area contributed by atoms with Crippen molar-refractivity contribution in [1.29, 1.82) is 0 Å². The third kappa shape index (κ3) is 4.32. The summed E-state index contributed by atoms with van der Waals surface area (Å²) in [6.07, 6.45) is 2.58. The molecule has 29 heavy (non-hydrogen) atoms. The Labute approximate surface area is 169 Å². The van der Waals surface area contributed by atoms with Crippen molar-refractivity contribution >= 4 is 11.6 Å². The molecule has 1 aliphatic rings. The van der Waals surface area contributed by atoms with Gasteiger partial charge in [0.2, 0.25) is 5.88 Å². The molecular weight excluding hydrogens is 366 g/mol. The smallest absolute Gasteiger partial charge is 0.250 e. The van der Waals surface area contributed by atoms with Crippen molar-refractivity contribution in [1.82, 2.24) is 4.98 Å². The lowest BCUT2D eigenvalue weighted by Gasteiger charge is -2.22. The standard InChI is InChI=1S/C23H23N3O3/c1-16-6-5-12-25-23(16)29-19-11-13-26(15-19)21-10-9-18(14-20(21)22(24)27)28-17-7-3-2-4-8-17/h2-10,12,14,19H,11,13,15H2,1H3,(H2,24,27)/t19-/m0/s1. The minimum Gasteiger partial charge on any atom is -0.472 e. The second-order valence-corrected chi connectivity index (χ2v) is 7.06. The topological polar surface area (TPSA) is 77.7 Å². The summed E-state index contributed by atoms with van der Waals surface area (Å²) < 4.78 is 11.9. The van der Waals surface area contributed by atoms with Crippen LogP contribution in [0.4, 0.5) is 5.69 Å². The lowest BCUT2D eigenvalue weighted by Crippen LogP contribution is -2.27. The number of amides is 1. The van der Waals surface area contributed by atoms with Crippen LogP contribution in [-0.2, 0) is 0 Å². The van der Waals surface area contributed by atoms with Gasteiger partial charge < -0.3 is 20.1 Å². The number of hydrogen-bond donors (Lipinski definition) is 1. The molecule has 0 aliphatic carbocycles. The first kappa shape index (κ1) is 18.8. The molecule has 1 saturated heterocycles. The van der Waals surface area contributed by atoms with E-state index in [4.69, 9.17) is 15.2 Å². The number of aromatic nitrogens is 1. The van der Waals surface area contributed by atoms with Crippen LogP contribution in [-0.4, -0.2) is 30.1 Å². The highest BCUT2D eigenvalue weighted by molar-refractivity contribution is 5.99. The van der Waals surface area contributed by atoms with E-state index in [0.29, 0.717) is 29.5 Å². The predicted molar refractivity (Wildman–Crippen MR) is 112 cm³/mol. The molecule has 1 aromatic heterocycles. The van der Waals surface area contributed by atoms with Crippen molar-refractivity contribution < 1.29 is 14.3 Å². The minimum absolute atomic E-state index is 0.00423. The molecule has 0 spiro atoms. The summed E-state index contributed by atoms with van der Waals surface area (Å²) in [5, 5.41) is 0. The van der Waals surface area contributed by atoms with Gasteiger partial charge in [-0.1, -0.05) is 24.3 Å². The molecule has 2 N–H and O–H groups in total. The van der Waals surface area contributed by atoms with Crippen LogP contribution in [0.3, 0.4) is 0 Å². The fourth-order valence-corrected chi connectivity index (χ4v) is 3.47. The van der Waals surface area contributed by atoms with E-state index in [0.717, 1.165) is 24.2 Å². The largest absolute Gasteiger partial charge is 0.472 e. The van der Waals surface area contributed by atoms with Crippen LogP contribution in [0.1, 0.15) is 22.3 Å². The molecule has 1 atom stereocenters. The SMILES string of the molecule is Cc1cccnc1O[C@H]1CCN(c2ccc(Oc3ccccc3)cc2C(N)=O)C1. The van der Waals surface area contributed by atoms with E-state index in [9.17, 15) is 4.79 Å². The molecule has 0 saturated carbocycles. The molecule has 1 aliphatic heterocycles. The van der Waals surface area contributed by atoms with E-state index in [1.165, 1.54) is 0 Å².